The summed E-state index contributed by atoms with van der Waals surface area (Å²) in [7, 11) is 0. The van der Waals surface area contributed by atoms with Gasteiger partial charge in [-0.05, 0) is 23.3 Å². The molecule has 0 aliphatic heterocycles. The number of nitrogens with one attached hydrogen (secondary N) is 1. The zero-order valence-electron chi connectivity index (χ0n) is 10.9. The molecule has 1 amide bonds. The molecule has 2 rings (SSSR count). The molecule has 0 saturated heterocycles. The van der Waals surface area contributed by atoms with E-state index in [4.69, 9.17) is 10.5 Å². The molecule has 1 unspecified atom stereocenters. The second-order valence-corrected chi connectivity index (χ2v) is 4.22. The molecular weight excluding hydrogens is 240 g/mol. The van der Waals surface area contributed by atoms with Gasteiger partial charge >= 0.3 is 6.09 Å². The molecule has 4 nitrogen and oxygen atoms in total. The predicted octanol–water partition coefficient (Wildman–Crippen LogP) is 2.59. The topological polar surface area (TPSA) is 64.3 Å². The van der Waals surface area contributed by atoms with E-state index >= 15 is 0 Å². The summed E-state index contributed by atoms with van der Waals surface area (Å²) in [5.41, 5.74) is 6.78. The first-order valence-electron chi connectivity index (χ1n) is 6.37. The highest BCUT2D eigenvalue weighted by atomic mass is 16.5. The van der Waals surface area contributed by atoms with Crippen molar-refractivity contribution in [3.05, 3.63) is 48.0 Å². The maximum Gasteiger partial charge on any atom is 0.407 e. The molecule has 0 bridgehead atoms. The van der Waals surface area contributed by atoms with Gasteiger partial charge in [0.1, 0.15) is 0 Å². The molecule has 0 aromatic heterocycles. The Bertz CT molecular complexity index is 564. The molecular formula is C15H18N2O2. The quantitative estimate of drug-likeness (QED) is 0.886. The average Bonchev–Trinajstić information content (AvgIpc) is 2.44. The lowest BCUT2D eigenvalue weighted by molar-refractivity contribution is 0.148. The maximum absolute atomic E-state index is 11.5. The summed E-state index contributed by atoms with van der Waals surface area (Å²) < 4.78 is 4.90. The van der Waals surface area contributed by atoms with Crippen molar-refractivity contribution in [1.29, 1.82) is 0 Å². The lowest BCUT2D eigenvalue weighted by atomic mass is 9.99. The zero-order chi connectivity index (χ0) is 13.7. The van der Waals surface area contributed by atoms with Crippen molar-refractivity contribution >= 4 is 16.9 Å². The number of nitrogens with two attached hydrogens (primary N) is 1. The van der Waals surface area contributed by atoms with E-state index in [0.29, 0.717) is 13.2 Å². The molecule has 2 aromatic rings. The lowest BCUT2D eigenvalue weighted by Gasteiger charge is -2.18. The van der Waals surface area contributed by atoms with Gasteiger partial charge in [-0.1, -0.05) is 42.5 Å². The Morgan fingerprint density at radius 3 is 2.74 bits per heavy atom. The minimum absolute atomic E-state index is 0.245. The molecule has 0 saturated carbocycles. The van der Waals surface area contributed by atoms with Gasteiger partial charge in [-0.25, -0.2) is 4.79 Å². The summed E-state index contributed by atoms with van der Waals surface area (Å²) >= 11 is 0. The number of hydrogen-bond acceptors (Lipinski definition) is 3. The van der Waals surface area contributed by atoms with E-state index in [1.54, 1.807) is 6.92 Å². The fourth-order valence-corrected chi connectivity index (χ4v) is 2.13. The van der Waals surface area contributed by atoms with Crippen LogP contribution in [-0.2, 0) is 4.74 Å². The Balaban J connectivity index is 2.32. The minimum atomic E-state index is -0.439. The van der Waals surface area contributed by atoms with Crippen LogP contribution in [0.3, 0.4) is 0 Å². The van der Waals surface area contributed by atoms with Crippen LogP contribution in [0.4, 0.5) is 4.79 Å². The van der Waals surface area contributed by atoms with E-state index in [-0.39, 0.29) is 6.04 Å². The first-order chi connectivity index (χ1) is 9.26. The third-order valence-corrected chi connectivity index (χ3v) is 3.00. The molecule has 4 heteroatoms. The molecule has 0 aliphatic rings. The van der Waals surface area contributed by atoms with Crippen LogP contribution in [0.5, 0.6) is 0 Å². The number of ether oxygens (including phenoxy) is 1. The summed E-state index contributed by atoms with van der Waals surface area (Å²) in [5, 5.41) is 5.01. The second kappa shape index (κ2) is 6.20. The third-order valence-electron chi connectivity index (χ3n) is 3.00. The van der Waals surface area contributed by atoms with Crippen LogP contribution in [0.15, 0.2) is 42.5 Å². The number of fused-ring (bicyclic) bond motifs is 1. The molecule has 0 aliphatic carbocycles. The van der Waals surface area contributed by atoms with Crippen molar-refractivity contribution in [2.24, 2.45) is 5.73 Å². The van der Waals surface area contributed by atoms with E-state index in [2.05, 4.69) is 5.32 Å². The fraction of sp³-hybridized carbons (Fsp3) is 0.267. The Labute approximate surface area is 112 Å². The minimum Gasteiger partial charge on any atom is -0.450 e. The van der Waals surface area contributed by atoms with Crippen LogP contribution >= 0.6 is 0 Å². The van der Waals surface area contributed by atoms with E-state index in [9.17, 15) is 4.79 Å². The first-order valence-corrected chi connectivity index (χ1v) is 6.37. The van der Waals surface area contributed by atoms with Crippen LogP contribution in [0.1, 0.15) is 18.5 Å². The highest BCUT2D eigenvalue weighted by Gasteiger charge is 2.15. The highest BCUT2D eigenvalue weighted by Crippen LogP contribution is 2.23. The van der Waals surface area contributed by atoms with Gasteiger partial charge in [-0.3, -0.25) is 0 Å². The van der Waals surface area contributed by atoms with Gasteiger partial charge in [0.25, 0.3) is 0 Å². The van der Waals surface area contributed by atoms with Gasteiger partial charge in [0.15, 0.2) is 0 Å². The van der Waals surface area contributed by atoms with E-state index in [0.717, 1.165) is 16.3 Å². The van der Waals surface area contributed by atoms with Crippen molar-refractivity contribution in [3.63, 3.8) is 0 Å². The summed E-state index contributed by atoms with van der Waals surface area (Å²) in [5.74, 6) is 0. The van der Waals surface area contributed by atoms with Crippen molar-refractivity contribution in [1.82, 2.24) is 5.32 Å². The number of hydrogen-bond donors (Lipinski definition) is 2. The monoisotopic (exact) mass is 258 g/mol. The number of rotatable bonds is 4. The van der Waals surface area contributed by atoms with Gasteiger partial charge < -0.3 is 15.8 Å². The Morgan fingerprint density at radius 1 is 1.26 bits per heavy atom. The molecule has 0 radical (unpaired) electrons. The largest absolute Gasteiger partial charge is 0.450 e. The Hall–Kier alpha value is -2.07. The van der Waals surface area contributed by atoms with Crippen LogP contribution in [0.2, 0.25) is 0 Å². The van der Waals surface area contributed by atoms with Crippen molar-refractivity contribution in [3.8, 4) is 0 Å². The Kier molecular flexibility index (Phi) is 4.36. The molecule has 1 atom stereocenters. The number of amides is 1. The van der Waals surface area contributed by atoms with Crippen LogP contribution < -0.4 is 11.1 Å². The normalized spacial score (nSPS) is 12.1. The molecule has 100 valence electrons. The first kappa shape index (κ1) is 13.4. The highest BCUT2D eigenvalue weighted by molar-refractivity contribution is 5.86. The van der Waals surface area contributed by atoms with Gasteiger partial charge in [0.05, 0.1) is 12.6 Å². The van der Waals surface area contributed by atoms with E-state index < -0.39 is 6.09 Å². The van der Waals surface area contributed by atoms with E-state index in [1.165, 1.54) is 0 Å². The van der Waals surface area contributed by atoms with Crippen molar-refractivity contribution in [2.75, 3.05) is 13.2 Å². The molecule has 3 N–H and O–H groups in total. The summed E-state index contributed by atoms with van der Waals surface area (Å²) in [6.45, 7) is 2.44. The zero-order valence-corrected chi connectivity index (χ0v) is 10.9. The van der Waals surface area contributed by atoms with Gasteiger partial charge in [-0.15, -0.1) is 0 Å². The molecule has 0 fully saturated rings. The summed E-state index contributed by atoms with van der Waals surface area (Å²) in [6.07, 6.45) is -0.439. The fourth-order valence-electron chi connectivity index (χ4n) is 2.13. The average molecular weight is 258 g/mol. The molecule has 0 spiro atoms. The number of carbonyl (C=O) groups excluding carboxylic acids is 1. The van der Waals surface area contributed by atoms with E-state index in [1.807, 2.05) is 42.5 Å². The maximum atomic E-state index is 11.5. The number of alkyl carbamates (subject to hydrolysis) is 1. The van der Waals surface area contributed by atoms with Gasteiger partial charge in [-0.2, -0.15) is 0 Å². The van der Waals surface area contributed by atoms with Gasteiger partial charge in [0.2, 0.25) is 0 Å². The molecule has 2 aromatic carbocycles. The lowest BCUT2D eigenvalue weighted by Crippen LogP contribution is -2.33. The standard InChI is InChI=1S/C15H18N2O2/c1-2-19-15(18)17-14(10-16)13-9-5-7-11-6-3-4-8-12(11)13/h3-9,14H,2,10,16H2,1H3,(H,17,18). The number of carbonyl (C=O) groups is 1. The van der Waals surface area contributed by atoms with Crippen molar-refractivity contribution in [2.45, 2.75) is 13.0 Å². The summed E-state index contributed by atoms with van der Waals surface area (Å²) in [4.78, 5) is 11.5. The number of benzene rings is 2. The van der Waals surface area contributed by atoms with Crippen molar-refractivity contribution < 1.29 is 9.53 Å². The predicted molar refractivity (Wildman–Crippen MR) is 75.9 cm³/mol. The smallest absolute Gasteiger partial charge is 0.407 e. The molecule has 19 heavy (non-hydrogen) atoms. The second-order valence-electron chi connectivity index (χ2n) is 4.22. The van der Waals surface area contributed by atoms with Crippen LogP contribution in [0, 0.1) is 0 Å². The Morgan fingerprint density at radius 2 is 2.00 bits per heavy atom. The SMILES string of the molecule is CCOC(=O)NC(CN)c1cccc2ccccc12. The van der Waals surface area contributed by atoms with Crippen LogP contribution in [-0.4, -0.2) is 19.2 Å². The summed E-state index contributed by atoms with van der Waals surface area (Å²) in [6, 6.07) is 13.8. The molecule has 0 heterocycles. The van der Waals surface area contributed by atoms with Gasteiger partial charge in [0, 0.05) is 6.54 Å². The van der Waals surface area contributed by atoms with Crippen LogP contribution in [0.25, 0.3) is 10.8 Å². The third kappa shape index (κ3) is 3.03.